The highest BCUT2D eigenvalue weighted by Gasteiger charge is 2.21. The van der Waals surface area contributed by atoms with Gasteiger partial charge in [-0.25, -0.2) is 0 Å². The molecule has 2 rings (SSSR count). The van der Waals surface area contributed by atoms with Crippen molar-refractivity contribution in [1.82, 2.24) is 0 Å². The van der Waals surface area contributed by atoms with Gasteiger partial charge in [0, 0.05) is 24.3 Å². The fourth-order valence-electron chi connectivity index (χ4n) is 2.33. The maximum absolute atomic E-state index is 7.71. The minimum Gasteiger partial charge on any atom is -0.384 e. The first kappa shape index (κ1) is 12.9. The van der Waals surface area contributed by atoms with Crippen molar-refractivity contribution in [3.05, 3.63) is 29.3 Å². The SMILES string of the molecule is CCC1CN(c2ccc(C)cc2C(=N)N)CCO1. The summed E-state index contributed by atoms with van der Waals surface area (Å²) in [5, 5.41) is 7.71. The Morgan fingerprint density at radius 1 is 1.56 bits per heavy atom. The minimum absolute atomic E-state index is 0.133. The molecule has 4 heteroatoms. The summed E-state index contributed by atoms with van der Waals surface area (Å²) in [6.45, 7) is 6.63. The monoisotopic (exact) mass is 247 g/mol. The molecular weight excluding hydrogens is 226 g/mol. The summed E-state index contributed by atoms with van der Waals surface area (Å²) >= 11 is 0. The lowest BCUT2D eigenvalue weighted by atomic mass is 10.1. The molecule has 98 valence electrons. The summed E-state index contributed by atoms with van der Waals surface area (Å²) in [4.78, 5) is 2.27. The van der Waals surface area contributed by atoms with Gasteiger partial charge in [0.05, 0.1) is 12.7 Å². The number of anilines is 1. The first-order chi connectivity index (χ1) is 8.61. The Morgan fingerprint density at radius 2 is 2.33 bits per heavy atom. The number of nitrogens with one attached hydrogen (secondary N) is 1. The van der Waals surface area contributed by atoms with Gasteiger partial charge in [-0.3, -0.25) is 5.41 Å². The first-order valence-electron chi connectivity index (χ1n) is 6.43. The van der Waals surface area contributed by atoms with Gasteiger partial charge < -0.3 is 15.4 Å². The minimum atomic E-state index is 0.133. The molecule has 0 aromatic heterocycles. The fraction of sp³-hybridized carbons (Fsp3) is 0.500. The van der Waals surface area contributed by atoms with E-state index in [9.17, 15) is 0 Å². The normalized spacial score (nSPS) is 19.9. The zero-order valence-electron chi connectivity index (χ0n) is 11.1. The van der Waals surface area contributed by atoms with Gasteiger partial charge in [0.1, 0.15) is 5.84 Å². The van der Waals surface area contributed by atoms with Crippen LogP contribution in [0.1, 0.15) is 24.5 Å². The third-order valence-corrected chi connectivity index (χ3v) is 3.38. The van der Waals surface area contributed by atoms with Crippen LogP contribution in [0.3, 0.4) is 0 Å². The number of nitrogens with two attached hydrogens (primary N) is 1. The summed E-state index contributed by atoms with van der Waals surface area (Å²) < 4.78 is 5.68. The van der Waals surface area contributed by atoms with E-state index in [-0.39, 0.29) is 11.9 Å². The predicted octanol–water partition coefficient (Wildman–Crippen LogP) is 1.89. The van der Waals surface area contributed by atoms with Crippen LogP contribution < -0.4 is 10.6 Å². The average Bonchev–Trinajstić information content (AvgIpc) is 2.38. The zero-order valence-corrected chi connectivity index (χ0v) is 11.1. The molecule has 0 amide bonds. The second-order valence-corrected chi connectivity index (χ2v) is 4.78. The van der Waals surface area contributed by atoms with Crippen LogP contribution in [0, 0.1) is 12.3 Å². The van der Waals surface area contributed by atoms with Crippen molar-refractivity contribution < 1.29 is 4.74 Å². The van der Waals surface area contributed by atoms with E-state index in [1.807, 2.05) is 13.0 Å². The first-order valence-corrected chi connectivity index (χ1v) is 6.43. The topological polar surface area (TPSA) is 62.3 Å². The summed E-state index contributed by atoms with van der Waals surface area (Å²) in [6, 6.07) is 6.11. The Balaban J connectivity index is 2.29. The number of aryl methyl sites for hydroxylation is 1. The van der Waals surface area contributed by atoms with Gasteiger partial charge in [0.2, 0.25) is 0 Å². The molecular formula is C14H21N3O. The quantitative estimate of drug-likeness (QED) is 0.633. The van der Waals surface area contributed by atoms with E-state index >= 15 is 0 Å². The van der Waals surface area contributed by atoms with Crippen LogP contribution in [0.4, 0.5) is 5.69 Å². The van der Waals surface area contributed by atoms with Gasteiger partial charge in [-0.2, -0.15) is 0 Å². The van der Waals surface area contributed by atoms with Gasteiger partial charge in [0.15, 0.2) is 0 Å². The lowest BCUT2D eigenvalue weighted by Crippen LogP contribution is -2.43. The Hall–Kier alpha value is -1.55. The van der Waals surface area contributed by atoms with Gasteiger partial charge in [-0.1, -0.05) is 18.6 Å². The molecule has 18 heavy (non-hydrogen) atoms. The molecule has 1 aromatic carbocycles. The van der Waals surface area contributed by atoms with Crippen molar-refractivity contribution >= 4 is 11.5 Å². The third-order valence-electron chi connectivity index (χ3n) is 3.38. The molecule has 1 aliphatic rings. The maximum atomic E-state index is 7.71. The Kier molecular flexibility index (Phi) is 3.87. The van der Waals surface area contributed by atoms with Crippen molar-refractivity contribution in [3.8, 4) is 0 Å². The molecule has 3 N–H and O–H groups in total. The van der Waals surface area contributed by atoms with Gasteiger partial charge in [-0.05, 0) is 25.5 Å². The van der Waals surface area contributed by atoms with E-state index < -0.39 is 0 Å². The van der Waals surface area contributed by atoms with Gasteiger partial charge in [0.25, 0.3) is 0 Å². The number of nitrogens with zero attached hydrogens (tertiary/aromatic N) is 1. The summed E-state index contributed by atoms with van der Waals surface area (Å²) in [7, 11) is 0. The molecule has 1 heterocycles. The van der Waals surface area contributed by atoms with E-state index in [0.717, 1.165) is 42.9 Å². The maximum Gasteiger partial charge on any atom is 0.124 e. The van der Waals surface area contributed by atoms with Gasteiger partial charge >= 0.3 is 0 Å². The molecule has 1 saturated heterocycles. The summed E-state index contributed by atoms with van der Waals surface area (Å²) in [6.07, 6.45) is 1.29. The number of ether oxygens (including phenoxy) is 1. The number of hydrogen-bond acceptors (Lipinski definition) is 3. The highest BCUT2D eigenvalue weighted by molar-refractivity contribution is 6.00. The lowest BCUT2D eigenvalue weighted by Gasteiger charge is -2.35. The van der Waals surface area contributed by atoms with Crippen LogP contribution in [-0.4, -0.2) is 31.6 Å². The Labute approximate surface area is 108 Å². The largest absolute Gasteiger partial charge is 0.384 e. The highest BCUT2D eigenvalue weighted by Crippen LogP contribution is 2.24. The molecule has 0 aliphatic carbocycles. The van der Waals surface area contributed by atoms with Crippen LogP contribution in [0.25, 0.3) is 0 Å². The van der Waals surface area contributed by atoms with Crippen molar-refractivity contribution in [1.29, 1.82) is 5.41 Å². The van der Waals surface area contributed by atoms with Crippen molar-refractivity contribution in [2.75, 3.05) is 24.6 Å². The number of rotatable bonds is 3. The van der Waals surface area contributed by atoms with E-state index in [1.54, 1.807) is 0 Å². The molecule has 0 saturated carbocycles. The van der Waals surface area contributed by atoms with Crippen LogP contribution in [0.2, 0.25) is 0 Å². The van der Waals surface area contributed by atoms with Crippen molar-refractivity contribution in [3.63, 3.8) is 0 Å². The number of hydrogen-bond donors (Lipinski definition) is 2. The van der Waals surface area contributed by atoms with Crippen molar-refractivity contribution in [2.24, 2.45) is 5.73 Å². The molecule has 1 atom stereocenters. The van der Waals surface area contributed by atoms with Crippen molar-refractivity contribution in [2.45, 2.75) is 26.4 Å². The number of benzene rings is 1. The predicted molar refractivity (Wildman–Crippen MR) is 74.4 cm³/mol. The van der Waals surface area contributed by atoms with E-state index in [1.165, 1.54) is 0 Å². The van der Waals surface area contributed by atoms with Crippen LogP contribution in [0.15, 0.2) is 18.2 Å². The Bertz CT molecular complexity index is 445. The molecule has 0 bridgehead atoms. The van der Waals surface area contributed by atoms with E-state index in [2.05, 4.69) is 24.0 Å². The summed E-state index contributed by atoms with van der Waals surface area (Å²) in [5.41, 5.74) is 8.69. The third kappa shape index (κ3) is 2.64. The zero-order chi connectivity index (χ0) is 13.1. The fourth-order valence-corrected chi connectivity index (χ4v) is 2.33. The molecule has 1 fully saturated rings. The van der Waals surface area contributed by atoms with Gasteiger partial charge in [-0.15, -0.1) is 0 Å². The van der Waals surface area contributed by atoms with Crippen LogP contribution in [0.5, 0.6) is 0 Å². The average molecular weight is 247 g/mol. The number of amidine groups is 1. The second-order valence-electron chi connectivity index (χ2n) is 4.78. The molecule has 0 radical (unpaired) electrons. The number of morpholine rings is 1. The Morgan fingerprint density at radius 3 is 3.00 bits per heavy atom. The van der Waals surface area contributed by atoms with E-state index in [4.69, 9.17) is 15.9 Å². The molecule has 1 unspecified atom stereocenters. The smallest absolute Gasteiger partial charge is 0.124 e. The molecule has 0 spiro atoms. The second kappa shape index (κ2) is 5.40. The van der Waals surface area contributed by atoms with E-state index in [0.29, 0.717) is 0 Å². The standard InChI is InChI=1S/C14H21N3O/c1-3-11-9-17(6-7-18-11)13-5-4-10(2)8-12(13)14(15)16/h4-5,8,11H,3,6-7,9H2,1-2H3,(H3,15,16). The van der Waals surface area contributed by atoms with Crippen LogP contribution >= 0.6 is 0 Å². The lowest BCUT2D eigenvalue weighted by molar-refractivity contribution is 0.0384. The highest BCUT2D eigenvalue weighted by atomic mass is 16.5. The molecule has 4 nitrogen and oxygen atoms in total. The van der Waals surface area contributed by atoms with Crippen LogP contribution in [-0.2, 0) is 4.74 Å². The molecule has 1 aromatic rings. The number of nitrogen functional groups attached to an aromatic ring is 1. The molecule has 1 aliphatic heterocycles. The summed E-state index contributed by atoms with van der Waals surface area (Å²) in [5.74, 6) is 0.133.